The Morgan fingerprint density at radius 1 is 1.31 bits per heavy atom. The number of aromatic nitrogens is 1. The molecule has 1 heterocycles. The fraction of sp³-hybridized carbons (Fsp3) is 0.500. The van der Waals surface area contributed by atoms with E-state index in [0.717, 1.165) is 0 Å². The standard InChI is InChI=1S/C10H15NO2/c1-10(2,3)8(9(12)13)11-6-4-5-7-11/h4-8H,1-3H3,(H,12,13)/t8-/m1/s1. The lowest BCUT2D eigenvalue weighted by molar-refractivity contribution is -0.144. The minimum atomic E-state index is -0.788. The summed E-state index contributed by atoms with van der Waals surface area (Å²) < 4.78 is 1.72. The first-order valence-corrected chi connectivity index (χ1v) is 4.28. The molecule has 1 aromatic rings. The van der Waals surface area contributed by atoms with Crippen molar-refractivity contribution in [1.82, 2.24) is 4.57 Å². The van der Waals surface area contributed by atoms with Crippen LogP contribution in [-0.4, -0.2) is 15.6 Å². The van der Waals surface area contributed by atoms with Gasteiger partial charge in [-0.05, 0) is 17.5 Å². The monoisotopic (exact) mass is 181 g/mol. The molecule has 0 saturated heterocycles. The Morgan fingerprint density at radius 3 is 2.08 bits per heavy atom. The molecule has 0 saturated carbocycles. The van der Waals surface area contributed by atoms with Gasteiger partial charge in [0.1, 0.15) is 6.04 Å². The van der Waals surface area contributed by atoms with Gasteiger partial charge in [-0.15, -0.1) is 0 Å². The molecule has 3 heteroatoms. The Labute approximate surface area is 78.0 Å². The molecule has 1 atom stereocenters. The van der Waals surface area contributed by atoms with Crippen molar-refractivity contribution in [3.63, 3.8) is 0 Å². The molecule has 72 valence electrons. The zero-order valence-corrected chi connectivity index (χ0v) is 8.19. The molecule has 13 heavy (non-hydrogen) atoms. The van der Waals surface area contributed by atoms with Gasteiger partial charge >= 0.3 is 5.97 Å². The number of aliphatic carboxylic acids is 1. The molecule has 0 amide bonds. The lowest BCUT2D eigenvalue weighted by atomic mass is 9.86. The van der Waals surface area contributed by atoms with Crippen molar-refractivity contribution in [1.29, 1.82) is 0 Å². The maximum Gasteiger partial charge on any atom is 0.327 e. The number of hydrogen-bond donors (Lipinski definition) is 1. The van der Waals surface area contributed by atoms with Crippen molar-refractivity contribution >= 4 is 5.97 Å². The van der Waals surface area contributed by atoms with Crippen LogP contribution in [-0.2, 0) is 4.79 Å². The fourth-order valence-electron chi connectivity index (χ4n) is 1.47. The second-order valence-electron chi connectivity index (χ2n) is 4.24. The van der Waals surface area contributed by atoms with E-state index >= 15 is 0 Å². The third-order valence-electron chi connectivity index (χ3n) is 1.98. The molecular formula is C10H15NO2. The third kappa shape index (κ3) is 2.11. The smallest absolute Gasteiger partial charge is 0.327 e. The first kappa shape index (κ1) is 9.84. The van der Waals surface area contributed by atoms with Gasteiger partial charge in [-0.3, -0.25) is 0 Å². The number of carbonyl (C=O) groups is 1. The van der Waals surface area contributed by atoms with E-state index in [4.69, 9.17) is 5.11 Å². The molecule has 0 aromatic carbocycles. The van der Waals surface area contributed by atoms with E-state index in [0.29, 0.717) is 0 Å². The van der Waals surface area contributed by atoms with Gasteiger partial charge in [-0.1, -0.05) is 20.8 Å². The molecule has 1 aromatic heterocycles. The summed E-state index contributed by atoms with van der Waals surface area (Å²) in [6, 6.07) is 3.17. The zero-order chi connectivity index (χ0) is 10.1. The van der Waals surface area contributed by atoms with Crippen LogP contribution in [0.3, 0.4) is 0 Å². The summed E-state index contributed by atoms with van der Waals surface area (Å²) in [4.78, 5) is 11.0. The highest BCUT2D eigenvalue weighted by atomic mass is 16.4. The molecule has 0 spiro atoms. The number of carboxylic acids is 1. The Kier molecular flexibility index (Phi) is 2.45. The summed E-state index contributed by atoms with van der Waals surface area (Å²) in [5.41, 5.74) is -0.273. The maximum absolute atomic E-state index is 11.0. The van der Waals surface area contributed by atoms with Crippen LogP contribution in [0.25, 0.3) is 0 Å². The summed E-state index contributed by atoms with van der Waals surface area (Å²) in [6.07, 6.45) is 3.56. The van der Waals surface area contributed by atoms with E-state index in [1.165, 1.54) is 0 Å². The second-order valence-corrected chi connectivity index (χ2v) is 4.24. The van der Waals surface area contributed by atoms with Crippen molar-refractivity contribution < 1.29 is 9.90 Å². The first-order valence-electron chi connectivity index (χ1n) is 4.28. The van der Waals surface area contributed by atoms with Crippen molar-refractivity contribution in [3.8, 4) is 0 Å². The normalized spacial score (nSPS) is 14.1. The molecule has 0 bridgehead atoms. The zero-order valence-electron chi connectivity index (χ0n) is 8.19. The van der Waals surface area contributed by atoms with Gasteiger partial charge in [0.05, 0.1) is 0 Å². The molecule has 1 rings (SSSR count). The predicted molar refractivity (Wildman–Crippen MR) is 50.6 cm³/mol. The summed E-state index contributed by atoms with van der Waals surface area (Å²) in [7, 11) is 0. The number of carboxylic acid groups (broad SMARTS) is 1. The van der Waals surface area contributed by atoms with Gasteiger partial charge in [0.2, 0.25) is 0 Å². The molecule has 0 radical (unpaired) electrons. The maximum atomic E-state index is 11.0. The molecular weight excluding hydrogens is 166 g/mol. The van der Waals surface area contributed by atoms with Crippen molar-refractivity contribution in [3.05, 3.63) is 24.5 Å². The van der Waals surface area contributed by atoms with Gasteiger partial charge in [0.15, 0.2) is 0 Å². The Bertz CT molecular complexity index is 282. The van der Waals surface area contributed by atoms with Gasteiger partial charge in [0.25, 0.3) is 0 Å². The first-order chi connectivity index (χ1) is 5.93. The Morgan fingerprint density at radius 2 is 1.77 bits per heavy atom. The van der Waals surface area contributed by atoms with Crippen LogP contribution >= 0.6 is 0 Å². The minimum absolute atomic E-state index is 0.273. The van der Waals surface area contributed by atoms with E-state index < -0.39 is 12.0 Å². The SMILES string of the molecule is CC(C)(C)[C@@H](C(=O)O)n1cccc1. The largest absolute Gasteiger partial charge is 0.480 e. The van der Waals surface area contributed by atoms with Crippen LogP contribution < -0.4 is 0 Å². The highest BCUT2D eigenvalue weighted by Crippen LogP contribution is 2.30. The number of hydrogen-bond acceptors (Lipinski definition) is 1. The molecule has 1 N–H and O–H groups in total. The van der Waals surface area contributed by atoms with Crippen LogP contribution in [0.15, 0.2) is 24.5 Å². The van der Waals surface area contributed by atoms with Gasteiger partial charge in [-0.2, -0.15) is 0 Å². The predicted octanol–water partition coefficient (Wildman–Crippen LogP) is 2.16. The van der Waals surface area contributed by atoms with Crippen molar-refractivity contribution in [2.45, 2.75) is 26.8 Å². The van der Waals surface area contributed by atoms with Crippen LogP contribution in [0.2, 0.25) is 0 Å². The Balaban J connectivity index is 3.01. The average molecular weight is 181 g/mol. The summed E-state index contributed by atoms with van der Waals surface area (Å²) in [5, 5.41) is 9.06. The molecule has 0 unspecified atom stereocenters. The number of nitrogens with zero attached hydrogens (tertiary/aromatic N) is 1. The number of rotatable bonds is 2. The molecule has 0 aliphatic heterocycles. The topological polar surface area (TPSA) is 42.2 Å². The fourth-order valence-corrected chi connectivity index (χ4v) is 1.47. The van der Waals surface area contributed by atoms with Gasteiger partial charge < -0.3 is 9.67 Å². The van der Waals surface area contributed by atoms with Crippen molar-refractivity contribution in [2.24, 2.45) is 5.41 Å². The molecule has 0 fully saturated rings. The molecule has 0 aliphatic carbocycles. The summed E-state index contributed by atoms with van der Waals surface area (Å²) in [6.45, 7) is 5.77. The minimum Gasteiger partial charge on any atom is -0.480 e. The van der Waals surface area contributed by atoms with Crippen molar-refractivity contribution in [2.75, 3.05) is 0 Å². The van der Waals surface area contributed by atoms with E-state index in [2.05, 4.69) is 0 Å². The lowest BCUT2D eigenvalue weighted by Gasteiger charge is -2.28. The van der Waals surface area contributed by atoms with Crippen LogP contribution in [0.5, 0.6) is 0 Å². The lowest BCUT2D eigenvalue weighted by Crippen LogP contribution is -2.30. The van der Waals surface area contributed by atoms with E-state index in [1.807, 2.05) is 32.9 Å². The quantitative estimate of drug-likeness (QED) is 0.759. The van der Waals surface area contributed by atoms with E-state index in [9.17, 15) is 4.79 Å². The summed E-state index contributed by atoms with van der Waals surface area (Å²) >= 11 is 0. The van der Waals surface area contributed by atoms with Crippen LogP contribution in [0.4, 0.5) is 0 Å². The van der Waals surface area contributed by atoms with Crippen LogP contribution in [0.1, 0.15) is 26.8 Å². The highest BCUT2D eigenvalue weighted by molar-refractivity contribution is 5.72. The summed E-state index contributed by atoms with van der Waals surface area (Å²) in [5.74, 6) is -0.788. The molecule has 0 aliphatic rings. The molecule has 3 nitrogen and oxygen atoms in total. The van der Waals surface area contributed by atoms with Gasteiger partial charge in [-0.25, -0.2) is 4.79 Å². The van der Waals surface area contributed by atoms with Crippen LogP contribution in [0, 0.1) is 5.41 Å². The highest BCUT2D eigenvalue weighted by Gasteiger charge is 2.31. The second kappa shape index (κ2) is 3.24. The van der Waals surface area contributed by atoms with E-state index in [1.54, 1.807) is 17.0 Å². The Hall–Kier alpha value is -1.25. The third-order valence-corrected chi connectivity index (χ3v) is 1.98. The average Bonchev–Trinajstić information content (AvgIpc) is 2.34. The van der Waals surface area contributed by atoms with Gasteiger partial charge in [0, 0.05) is 12.4 Å². The van der Waals surface area contributed by atoms with E-state index in [-0.39, 0.29) is 5.41 Å².